The molecule has 0 aliphatic heterocycles. The van der Waals surface area contributed by atoms with E-state index >= 15 is 0 Å². The standard InChI is InChI=1S/C16H25N3O/c1-12(2)9-16(3,20)11-17-10-15-18-13-7-5-6-8-14(13)19(15)4/h5-8,12,17,20H,9-11H2,1-4H3. The summed E-state index contributed by atoms with van der Waals surface area (Å²) in [5.41, 5.74) is 1.48. The van der Waals surface area contributed by atoms with E-state index in [4.69, 9.17) is 0 Å². The van der Waals surface area contributed by atoms with E-state index in [1.165, 1.54) is 0 Å². The average molecular weight is 275 g/mol. The number of nitrogens with one attached hydrogen (secondary N) is 1. The van der Waals surface area contributed by atoms with Gasteiger partial charge < -0.3 is 15.0 Å². The number of aromatic nitrogens is 2. The molecule has 20 heavy (non-hydrogen) atoms. The quantitative estimate of drug-likeness (QED) is 0.851. The van der Waals surface area contributed by atoms with Gasteiger partial charge in [0.25, 0.3) is 0 Å². The predicted molar refractivity (Wildman–Crippen MR) is 82.5 cm³/mol. The Morgan fingerprint density at radius 1 is 1.35 bits per heavy atom. The van der Waals surface area contributed by atoms with Crippen molar-refractivity contribution in [2.45, 2.75) is 39.3 Å². The Bertz CT molecular complexity index is 572. The van der Waals surface area contributed by atoms with Gasteiger partial charge in [0.1, 0.15) is 5.82 Å². The third kappa shape index (κ3) is 3.58. The Balaban J connectivity index is 1.98. The highest BCUT2D eigenvalue weighted by atomic mass is 16.3. The Hall–Kier alpha value is -1.39. The molecule has 2 N–H and O–H groups in total. The van der Waals surface area contributed by atoms with E-state index in [1.807, 2.05) is 32.2 Å². The second-order valence-electron chi connectivity index (χ2n) is 6.27. The van der Waals surface area contributed by atoms with Crippen LogP contribution in [0.5, 0.6) is 0 Å². The third-order valence-electron chi connectivity index (χ3n) is 3.52. The average Bonchev–Trinajstić information content (AvgIpc) is 2.65. The molecular formula is C16H25N3O. The Labute approximate surface area is 120 Å². The Morgan fingerprint density at radius 2 is 2.05 bits per heavy atom. The number of benzene rings is 1. The maximum atomic E-state index is 10.3. The van der Waals surface area contributed by atoms with Gasteiger partial charge in [-0.25, -0.2) is 4.98 Å². The number of hydrogen-bond acceptors (Lipinski definition) is 3. The molecule has 0 saturated heterocycles. The molecule has 4 nitrogen and oxygen atoms in total. The maximum absolute atomic E-state index is 10.3. The first-order chi connectivity index (χ1) is 9.39. The topological polar surface area (TPSA) is 50.1 Å². The summed E-state index contributed by atoms with van der Waals surface area (Å²) in [6.45, 7) is 7.38. The summed E-state index contributed by atoms with van der Waals surface area (Å²) < 4.78 is 2.10. The van der Waals surface area contributed by atoms with E-state index in [2.05, 4.69) is 34.8 Å². The summed E-state index contributed by atoms with van der Waals surface area (Å²) in [6, 6.07) is 8.11. The molecule has 0 saturated carbocycles. The van der Waals surface area contributed by atoms with Crippen LogP contribution in [0.4, 0.5) is 0 Å². The maximum Gasteiger partial charge on any atom is 0.123 e. The first kappa shape index (κ1) is 15.0. The van der Waals surface area contributed by atoms with Gasteiger partial charge in [-0.05, 0) is 31.4 Å². The fraction of sp³-hybridized carbons (Fsp3) is 0.562. The van der Waals surface area contributed by atoms with E-state index in [0.717, 1.165) is 23.3 Å². The molecule has 0 aliphatic rings. The minimum atomic E-state index is -0.668. The van der Waals surface area contributed by atoms with E-state index in [0.29, 0.717) is 19.0 Å². The molecule has 1 atom stereocenters. The molecule has 2 rings (SSSR count). The van der Waals surface area contributed by atoms with Crippen molar-refractivity contribution < 1.29 is 5.11 Å². The van der Waals surface area contributed by atoms with Crippen molar-refractivity contribution in [3.05, 3.63) is 30.1 Å². The van der Waals surface area contributed by atoms with Gasteiger partial charge in [0, 0.05) is 13.6 Å². The molecule has 0 amide bonds. The summed E-state index contributed by atoms with van der Waals surface area (Å²) in [4.78, 5) is 4.61. The first-order valence-electron chi connectivity index (χ1n) is 7.22. The van der Waals surface area contributed by atoms with Crippen LogP contribution in [-0.2, 0) is 13.6 Å². The van der Waals surface area contributed by atoms with Crippen molar-refractivity contribution in [1.82, 2.24) is 14.9 Å². The lowest BCUT2D eigenvalue weighted by Gasteiger charge is -2.25. The van der Waals surface area contributed by atoms with Crippen molar-refractivity contribution >= 4 is 11.0 Å². The number of rotatable bonds is 6. The molecule has 0 radical (unpaired) electrons. The van der Waals surface area contributed by atoms with E-state index in [1.54, 1.807) is 0 Å². The van der Waals surface area contributed by atoms with Crippen LogP contribution in [0.25, 0.3) is 11.0 Å². The van der Waals surface area contributed by atoms with E-state index in [9.17, 15) is 5.11 Å². The fourth-order valence-electron chi connectivity index (χ4n) is 2.75. The highest BCUT2D eigenvalue weighted by Crippen LogP contribution is 2.16. The summed E-state index contributed by atoms with van der Waals surface area (Å²) in [5.74, 6) is 1.48. The molecule has 0 aliphatic carbocycles. The Morgan fingerprint density at radius 3 is 2.70 bits per heavy atom. The third-order valence-corrected chi connectivity index (χ3v) is 3.52. The van der Waals surface area contributed by atoms with E-state index < -0.39 is 5.60 Å². The number of fused-ring (bicyclic) bond motifs is 1. The van der Waals surface area contributed by atoms with Crippen LogP contribution in [-0.4, -0.2) is 26.8 Å². The lowest BCUT2D eigenvalue weighted by atomic mass is 9.94. The minimum absolute atomic E-state index is 0.488. The largest absolute Gasteiger partial charge is 0.389 e. The molecule has 110 valence electrons. The summed E-state index contributed by atoms with van der Waals surface area (Å²) >= 11 is 0. The highest BCUT2D eigenvalue weighted by Gasteiger charge is 2.21. The van der Waals surface area contributed by atoms with Crippen LogP contribution in [0.15, 0.2) is 24.3 Å². The molecule has 1 unspecified atom stereocenters. The number of imidazole rings is 1. The van der Waals surface area contributed by atoms with Crippen molar-refractivity contribution in [2.75, 3.05) is 6.54 Å². The second-order valence-corrected chi connectivity index (χ2v) is 6.27. The van der Waals surface area contributed by atoms with Gasteiger partial charge in [0.2, 0.25) is 0 Å². The van der Waals surface area contributed by atoms with Crippen molar-refractivity contribution in [2.24, 2.45) is 13.0 Å². The number of para-hydroxylation sites is 2. The molecule has 1 heterocycles. The van der Waals surface area contributed by atoms with E-state index in [-0.39, 0.29) is 0 Å². The second kappa shape index (κ2) is 5.94. The molecule has 0 spiro atoms. The summed E-state index contributed by atoms with van der Waals surface area (Å²) in [5, 5.41) is 13.6. The van der Waals surface area contributed by atoms with Crippen molar-refractivity contribution in [3.63, 3.8) is 0 Å². The molecule has 1 aromatic carbocycles. The molecule has 0 bridgehead atoms. The number of aliphatic hydroxyl groups is 1. The van der Waals surface area contributed by atoms with Gasteiger partial charge in [0.05, 0.1) is 23.2 Å². The monoisotopic (exact) mass is 275 g/mol. The SMILES string of the molecule is CC(C)CC(C)(O)CNCc1nc2ccccc2n1C. The number of aryl methyl sites for hydroxylation is 1. The van der Waals surface area contributed by atoms with Crippen molar-refractivity contribution in [3.8, 4) is 0 Å². The van der Waals surface area contributed by atoms with Crippen molar-refractivity contribution in [1.29, 1.82) is 0 Å². The fourth-order valence-corrected chi connectivity index (χ4v) is 2.75. The molecule has 2 aromatic rings. The number of nitrogens with zero attached hydrogens (tertiary/aromatic N) is 2. The zero-order valence-electron chi connectivity index (χ0n) is 12.8. The first-order valence-corrected chi connectivity index (χ1v) is 7.22. The van der Waals surface area contributed by atoms with Gasteiger partial charge in [-0.1, -0.05) is 26.0 Å². The lowest BCUT2D eigenvalue weighted by Crippen LogP contribution is -2.38. The van der Waals surface area contributed by atoms with Gasteiger partial charge in [-0.2, -0.15) is 0 Å². The molecule has 1 aromatic heterocycles. The zero-order valence-corrected chi connectivity index (χ0v) is 12.8. The minimum Gasteiger partial charge on any atom is -0.389 e. The normalized spacial score (nSPS) is 14.9. The molecular weight excluding hydrogens is 250 g/mol. The predicted octanol–water partition coefficient (Wildman–Crippen LogP) is 2.46. The van der Waals surface area contributed by atoms with Crippen LogP contribution >= 0.6 is 0 Å². The van der Waals surface area contributed by atoms with Crippen LogP contribution in [0.3, 0.4) is 0 Å². The van der Waals surface area contributed by atoms with Crippen LogP contribution in [0, 0.1) is 5.92 Å². The van der Waals surface area contributed by atoms with Crippen LogP contribution < -0.4 is 5.32 Å². The lowest BCUT2D eigenvalue weighted by molar-refractivity contribution is 0.0381. The van der Waals surface area contributed by atoms with Crippen LogP contribution in [0.1, 0.15) is 33.0 Å². The highest BCUT2D eigenvalue weighted by molar-refractivity contribution is 5.75. The molecule has 4 heteroatoms. The van der Waals surface area contributed by atoms with Crippen LogP contribution in [0.2, 0.25) is 0 Å². The molecule has 0 fully saturated rings. The summed E-state index contributed by atoms with van der Waals surface area (Å²) in [7, 11) is 2.03. The van der Waals surface area contributed by atoms with Gasteiger partial charge in [-0.15, -0.1) is 0 Å². The summed E-state index contributed by atoms with van der Waals surface area (Å²) in [6.07, 6.45) is 0.794. The number of hydrogen-bond donors (Lipinski definition) is 2. The van der Waals surface area contributed by atoms with Gasteiger partial charge in [0.15, 0.2) is 0 Å². The Kier molecular flexibility index (Phi) is 4.45. The zero-order chi connectivity index (χ0) is 14.8. The van der Waals surface area contributed by atoms with Gasteiger partial charge in [-0.3, -0.25) is 0 Å². The van der Waals surface area contributed by atoms with Gasteiger partial charge >= 0.3 is 0 Å². The smallest absolute Gasteiger partial charge is 0.123 e.